The van der Waals surface area contributed by atoms with Crippen LogP contribution in [-0.4, -0.2) is 41.7 Å². The number of unbranched alkanes of at least 4 members (excludes halogenated alkanes) is 1. The van der Waals surface area contributed by atoms with Gasteiger partial charge >= 0.3 is 0 Å². The molecule has 3 amide bonds. The fourth-order valence-corrected chi connectivity index (χ4v) is 4.12. The summed E-state index contributed by atoms with van der Waals surface area (Å²) in [6.45, 7) is 8.64. The summed E-state index contributed by atoms with van der Waals surface area (Å²) < 4.78 is 11.5. The summed E-state index contributed by atoms with van der Waals surface area (Å²) in [5, 5.41) is 2.27. The van der Waals surface area contributed by atoms with E-state index >= 15 is 0 Å². The largest absolute Gasteiger partial charge is 0.490 e. The lowest BCUT2D eigenvalue weighted by atomic mass is 10.1. The number of anilines is 1. The van der Waals surface area contributed by atoms with E-state index in [1.807, 2.05) is 39.0 Å². The lowest BCUT2D eigenvalue weighted by Gasteiger charge is -2.13. The molecule has 1 aliphatic rings. The van der Waals surface area contributed by atoms with Gasteiger partial charge < -0.3 is 14.8 Å². The molecular weight excluding hydrogens is 452 g/mol. The molecule has 0 aromatic heterocycles. The second-order valence-corrected chi connectivity index (χ2v) is 8.95. The van der Waals surface area contributed by atoms with E-state index in [0.29, 0.717) is 36.0 Å². The lowest BCUT2D eigenvalue weighted by molar-refractivity contribution is -0.127. The van der Waals surface area contributed by atoms with Crippen LogP contribution in [-0.2, 0) is 9.59 Å². The number of nitrogens with zero attached hydrogens (tertiary/aromatic N) is 1. The molecule has 1 saturated heterocycles. The van der Waals surface area contributed by atoms with Gasteiger partial charge in [0, 0.05) is 5.69 Å². The van der Waals surface area contributed by atoms with E-state index in [-0.39, 0.29) is 11.4 Å². The van der Waals surface area contributed by atoms with Crippen LogP contribution in [0.25, 0.3) is 6.08 Å². The van der Waals surface area contributed by atoms with Crippen molar-refractivity contribution in [2.24, 2.45) is 0 Å². The highest BCUT2D eigenvalue weighted by Gasteiger charge is 2.36. The van der Waals surface area contributed by atoms with Gasteiger partial charge in [-0.3, -0.25) is 19.3 Å². The summed E-state index contributed by atoms with van der Waals surface area (Å²) in [5.74, 6) is 0.299. The normalized spacial score (nSPS) is 14.6. The number of thioether (sulfide) groups is 1. The van der Waals surface area contributed by atoms with Crippen molar-refractivity contribution in [3.8, 4) is 11.5 Å². The third-order valence-corrected chi connectivity index (χ3v) is 6.19. The first-order valence-corrected chi connectivity index (χ1v) is 12.2. The Balaban J connectivity index is 1.70. The fraction of sp³-hybridized carbons (Fsp3) is 0.346. The maximum Gasteiger partial charge on any atom is 0.294 e. The lowest BCUT2D eigenvalue weighted by Crippen LogP contribution is -2.36. The molecular formula is C26H30N2O5S. The minimum atomic E-state index is -0.494. The number of hydrogen-bond acceptors (Lipinski definition) is 6. The zero-order valence-electron chi connectivity index (χ0n) is 20.0. The topological polar surface area (TPSA) is 84.9 Å². The van der Waals surface area contributed by atoms with Crippen molar-refractivity contribution in [2.45, 2.75) is 40.5 Å². The molecule has 1 fully saturated rings. The first-order chi connectivity index (χ1) is 16.3. The Kier molecular flexibility index (Phi) is 8.76. The van der Waals surface area contributed by atoms with Gasteiger partial charge in [-0.25, -0.2) is 0 Å². The van der Waals surface area contributed by atoms with Crippen LogP contribution in [0.3, 0.4) is 0 Å². The van der Waals surface area contributed by atoms with Crippen molar-refractivity contribution >= 4 is 40.6 Å². The summed E-state index contributed by atoms with van der Waals surface area (Å²) in [4.78, 5) is 39.0. The highest BCUT2D eigenvalue weighted by molar-refractivity contribution is 8.18. The fourth-order valence-electron chi connectivity index (χ4n) is 3.28. The first kappa shape index (κ1) is 25.4. The SMILES string of the molecule is CCCCOc1ccc(/C=C2/SC(=O)N(CC(=O)Nc3ccc(C)c(C)c3)C2=O)cc1OCC. The molecule has 0 atom stereocenters. The molecule has 0 bridgehead atoms. The Bertz CT molecular complexity index is 1110. The van der Waals surface area contributed by atoms with Crippen LogP contribution in [0.2, 0.25) is 0 Å². The van der Waals surface area contributed by atoms with E-state index in [2.05, 4.69) is 12.2 Å². The summed E-state index contributed by atoms with van der Waals surface area (Å²) in [6.07, 6.45) is 3.60. The van der Waals surface area contributed by atoms with Crippen molar-refractivity contribution in [2.75, 3.05) is 25.1 Å². The van der Waals surface area contributed by atoms with Crippen LogP contribution in [0.4, 0.5) is 10.5 Å². The number of nitrogens with one attached hydrogen (secondary N) is 1. The van der Waals surface area contributed by atoms with Crippen LogP contribution < -0.4 is 14.8 Å². The third-order valence-electron chi connectivity index (χ3n) is 5.29. The van der Waals surface area contributed by atoms with Gasteiger partial charge in [-0.05, 0) is 86.0 Å². The van der Waals surface area contributed by atoms with Crippen molar-refractivity contribution in [3.63, 3.8) is 0 Å². The summed E-state index contributed by atoms with van der Waals surface area (Å²) >= 11 is 0.816. The molecule has 1 aliphatic heterocycles. The highest BCUT2D eigenvalue weighted by Crippen LogP contribution is 2.34. The predicted molar refractivity (Wildman–Crippen MR) is 135 cm³/mol. The number of rotatable bonds is 10. The summed E-state index contributed by atoms with van der Waals surface area (Å²) in [7, 11) is 0. The van der Waals surface area contributed by atoms with E-state index < -0.39 is 17.1 Å². The minimum Gasteiger partial charge on any atom is -0.490 e. The zero-order valence-corrected chi connectivity index (χ0v) is 20.8. The van der Waals surface area contributed by atoms with Crippen molar-refractivity contribution in [1.29, 1.82) is 0 Å². The average molecular weight is 483 g/mol. The van der Waals surface area contributed by atoms with Crippen LogP contribution >= 0.6 is 11.8 Å². The van der Waals surface area contributed by atoms with Gasteiger partial charge in [0.05, 0.1) is 18.1 Å². The first-order valence-electron chi connectivity index (χ1n) is 11.3. The standard InChI is InChI=1S/C26H30N2O5S/c1-5-7-12-33-21-11-9-19(14-22(21)32-6-2)15-23-25(30)28(26(31)34-23)16-24(29)27-20-10-8-17(3)18(4)13-20/h8-11,13-15H,5-7,12,16H2,1-4H3,(H,27,29)/b23-15+. The third kappa shape index (κ3) is 6.41. The predicted octanol–water partition coefficient (Wildman–Crippen LogP) is 5.56. The van der Waals surface area contributed by atoms with Crippen LogP contribution in [0.1, 0.15) is 43.4 Å². The molecule has 0 unspecified atom stereocenters. The average Bonchev–Trinajstić information content (AvgIpc) is 3.05. The molecule has 0 aliphatic carbocycles. The van der Waals surface area contributed by atoms with E-state index in [1.165, 1.54) is 0 Å². The van der Waals surface area contributed by atoms with Crippen LogP contribution in [0, 0.1) is 13.8 Å². The molecule has 2 aromatic rings. The molecule has 1 heterocycles. The number of ether oxygens (including phenoxy) is 2. The van der Waals surface area contributed by atoms with Gasteiger partial charge in [-0.1, -0.05) is 25.5 Å². The van der Waals surface area contributed by atoms with Gasteiger partial charge in [0.1, 0.15) is 6.54 Å². The molecule has 7 nitrogen and oxygen atoms in total. The quantitative estimate of drug-likeness (QED) is 0.353. The smallest absolute Gasteiger partial charge is 0.294 e. The maximum atomic E-state index is 12.8. The monoisotopic (exact) mass is 482 g/mol. The molecule has 3 rings (SSSR count). The highest BCUT2D eigenvalue weighted by atomic mass is 32.2. The molecule has 34 heavy (non-hydrogen) atoms. The minimum absolute atomic E-state index is 0.256. The Morgan fingerprint density at radius 1 is 1.03 bits per heavy atom. The van der Waals surface area contributed by atoms with Gasteiger partial charge in [0.2, 0.25) is 5.91 Å². The van der Waals surface area contributed by atoms with Gasteiger partial charge in [0.25, 0.3) is 11.1 Å². The Labute approximate surface area is 204 Å². The number of carbonyl (C=O) groups excluding carboxylic acids is 3. The molecule has 0 saturated carbocycles. The van der Waals surface area contributed by atoms with E-state index in [4.69, 9.17) is 9.47 Å². The number of amides is 3. The van der Waals surface area contributed by atoms with Gasteiger partial charge in [-0.2, -0.15) is 0 Å². The number of aryl methyl sites for hydroxylation is 2. The molecule has 180 valence electrons. The summed E-state index contributed by atoms with van der Waals surface area (Å²) in [5.41, 5.74) is 3.49. The molecule has 8 heteroatoms. The number of hydrogen-bond donors (Lipinski definition) is 1. The zero-order chi connectivity index (χ0) is 24.7. The molecule has 1 N–H and O–H groups in total. The van der Waals surface area contributed by atoms with Crippen molar-refractivity contribution in [3.05, 3.63) is 58.0 Å². The Hall–Kier alpha value is -3.26. The van der Waals surface area contributed by atoms with Gasteiger partial charge in [-0.15, -0.1) is 0 Å². The Morgan fingerprint density at radius 3 is 2.53 bits per heavy atom. The molecule has 0 radical (unpaired) electrons. The number of benzene rings is 2. The number of carbonyl (C=O) groups is 3. The molecule has 0 spiro atoms. The van der Waals surface area contributed by atoms with E-state index in [1.54, 1.807) is 24.3 Å². The van der Waals surface area contributed by atoms with Gasteiger partial charge in [0.15, 0.2) is 11.5 Å². The van der Waals surface area contributed by atoms with Crippen molar-refractivity contribution in [1.82, 2.24) is 4.90 Å². The van der Waals surface area contributed by atoms with Crippen molar-refractivity contribution < 1.29 is 23.9 Å². The van der Waals surface area contributed by atoms with E-state index in [9.17, 15) is 14.4 Å². The molecule has 2 aromatic carbocycles. The van der Waals surface area contributed by atoms with Crippen LogP contribution in [0.5, 0.6) is 11.5 Å². The summed E-state index contributed by atoms with van der Waals surface area (Å²) in [6, 6.07) is 10.9. The van der Waals surface area contributed by atoms with E-state index in [0.717, 1.165) is 40.6 Å². The Morgan fingerprint density at radius 2 is 1.82 bits per heavy atom. The maximum absolute atomic E-state index is 12.8. The second kappa shape index (κ2) is 11.7. The second-order valence-electron chi connectivity index (χ2n) is 7.96. The number of imide groups is 1. The van der Waals surface area contributed by atoms with Crippen LogP contribution in [0.15, 0.2) is 41.3 Å².